The summed E-state index contributed by atoms with van der Waals surface area (Å²) in [6.07, 6.45) is 0.909. The number of urea groups is 1. The van der Waals surface area contributed by atoms with E-state index in [9.17, 15) is 9.59 Å². The van der Waals surface area contributed by atoms with Gasteiger partial charge in [-0.15, -0.1) is 0 Å². The minimum atomic E-state index is -0.114. The highest BCUT2D eigenvalue weighted by Gasteiger charge is 2.37. The summed E-state index contributed by atoms with van der Waals surface area (Å²) in [5.41, 5.74) is 0. The van der Waals surface area contributed by atoms with E-state index >= 15 is 0 Å². The minimum Gasteiger partial charge on any atom is -0.379 e. The predicted octanol–water partition coefficient (Wildman–Crippen LogP) is -0.419. The standard InChI is InChI=1S/C15H26N4O3/c1-12-9-19(10-13(12)17-5-7-22-8-6-17)14(20)11-18-4-2-3-16-15(18)21/h12-13H,2-11H2,1H3,(H,16,21)/t12-,13-/m1/s1. The highest BCUT2D eigenvalue weighted by atomic mass is 16.5. The van der Waals surface area contributed by atoms with Gasteiger partial charge in [0, 0.05) is 45.3 Å². The smallest absolute Gasteiger partial charge is 0.317 e. The van der Waals surface area contributed by atoms with Crippen LogP contribution in [0.5, 0.6) is 0 Å². The summed E-state index contributed by atoms with van der Waals surface area (Å²) in [4.78, 5) is 30.2. The molecule has 7 nitrogen and oxygen atoms in total. The van der Waals surface area contributed by atoms with Crippen LogP contribution in [0.25, 0.3) is 0 Å². The Labute approximate surface area is 131 Å². The van der Waals surface area contributed by atoms with Gasteiger partial charge in [0.1, 0.15) is 6.54 Å². The maximum absolute atomic E-state index is 12.5. The van der Waals surface area contributed by atoms with Gasteiger partial charge in [-0.1, -0.05) is 6.92 Å². The Balaban J connectivity index is 1.54. The highest BCUT2D eigenvalue weighted by molar-refractivity contribution is 5.84. The van der Waals surface area contributed by atoms with E-state index in [1.165, 1.54) is 0 Å². The lowest BCUT2D eigenvalue weighted by Gasteiger charge is -2.34. The van der Waals surface area contributed by atoms with Gasteiger partial charge in [-0.3, -0.25) is 9.69 Å². The number of rotatable bonds is 3. The Morgan fingerprint density at radius 2 is 2.05 bits per heavy atom. The first kappa shape index (κ1) is 15.6. The van der Waals surface area contributed by atoms with Gasteiger partial charge in [0.2, 0.25) is 5.91 Å². The normalized spacial score (nSPS) is 30.5. The van der Waals surface area contributed by atoms with Crippen molar-refractivity contribution in [1.29, 1.82) is 0 Å². The Morgan fingerprint density at radius 1 is 1.27 bits per heavy atom. The molecule has 3 aliphatic rings. The van der Waals surface area contributed by atoms with Crippen LogP contribution in [0.3, 0.4) is 0 Å². The number of carbonyl (C=O) groups excluding carboxylic acids is 2. The molecule has 0 aromatic heterocycles. The zero-order valence-electron chi connectivity index (χ0n) is 13.3. The van der Waals surface area contributed by atoms with E-state index in [4.69, 9.17) is 4.74 Å². The van der Waals surface area contributed by atoms with Crippen LogP contribution in [0, 0.1) is 5.92 Å². The van der Waals surface area contributed by atoms with Gasteiger partial charge in [-0.25, -0.2) is 4.79 Å². The lowest BCUT2D eigenvalue weighted by Crippen LogP contribution is -2.51. The number of ether oxygens (including phenoxy) is 1. The summed E-state index contributed by atoms with van der Waals surface area (Å²) < 4.78 is 5.41. The quantitative estimate of drug-likeness (QED) is 0.769. The van der Waals surface area contributed by atoms with Gasteiger partial charge in [0.05, 0.1) is 13.2 Å². The Morgan fingerprint density at radius 3 is 2.77 bits per heavy atom. The van der Waals surface area contributed by atoms with Crippen molar-refractivity contribution in [1.82, 2.24) is 20.0 Å². The Bertz CT molecular complexity index is 425. The van der Waals surface area contributed by atoms with Crippen molar-refractivity contribution >= 4 is 11.9 Å². The highest BCUT2D eigenvalue weighted by Crippen LogP contribution is 2.23. The van der Waals surface area contributed by atoms with Crippen molar-refractivity contribution in [3.63, 3.8) is 0 Å². The van der Waals surface area contributed by atoms with Crippen molar-refractivity contribution in [3.05, 3.63) is 0 Å². The van der Waals surface area contributed by atoms with E-state index in [1.807, 2.05) is 4.90 Å². The number of carbonyl (C=O) groups is 2. The second kappa shape index (κ2) is 6.83. The zero-order chi connectivity index (χ0) is 15.5. The number of nitrogens with one attached hydrogen (secondary N) is 1. The molecule has 0 saturated carbocycles. The van der Waals surface area contributed by atoms with E-state index < -0.39 is 0 Å². The van der Waals surface area contributed by atoms with E-state index in [0.717, 1.165) is 45.8 Å². The van der Waals surface area contributed by atoms with Gasteiger partial charge in [-0.2, -0.15) is 0 Å². The third-order valence-corrected chi connectivity index (χ3v) is 4.93. The summed E-state index contributed by atoms with van der Waals surface area (Å²) in [7, 11) is 0. The molecule has 3 aliphatic heterocycles. The molecule has 3 fully saturated rings. The monoisotopic (exact) mass is 310 g/mol. The van der Waals surface area contributed by atoms with E-state index in [1.54, 1.807) is 4.90 Å². The summed E-state index contributed by atoms with van der Waals surface area (Å²) in [5, 5.41) is 2.79. The first-order valence-corrected chi connectivity index (χ1v) is 8.27. The lowest BCUT2D eigenvalue weighted by atomic mass is 10.0. The summed E-state index contributed by atoms with van der Waals surface area (Å²) in [5.74, 6) is 0.539. The summed E-state index contributed by atoms with van der Waals surface area (Å²) in [6.45, 7) is 8.83. The number of amides is 3. The fourth-order valence-electron chi connectivity index (χ4n) is 3.63. The van der Waals surface area contributed by atoms with Crippen molar-refractivity contribution in [2.24, 2.45) is 5.92 Å². The molecule has 0 aliphatic carbocycles. The van der Waals surface area contributed by atoms with Crippen LogP contribution in [-0.4, -0.2) is 91.7 Å². The molecule has 3 amide bonds. The second-order valence-electron chi connectivity index (χ2n) is 6.50. The van der Waals surface area contributed by atoms with Crippen LogP contribution in [-0.2, 0) is 9.53 Å². The minimum absolute atomic E-state index is 0.0691. The number of morpholine rings is 1. The van der Waals surface area contributed by atoms with Crippen LogP contribution in [0.1, 0.15) is 13.3 Å². The van der Waals surface area contributed by atoms with Crippen molar-refractivity contribution in [2.75, 3.05) is 59.0 Å². The van der Waals surface area contributed by atoms with E-state index in [0.29, 0.717) is 25.0 Å². The third-order valence-electron chi connectivity index (χ3n) is 4.93. The van der Waals surface area contributed by atoms with Crippen molar-refractivity contribution in [2.45, 2.75) is 19.4 Å². The van der Waals surface area contributed by atoms with Gasteiger partial charge in [-0.05, 0) is 12.3 Å². The maximum atomic E-state index is 12.5. The SMILES string of the molecule is C[C@@H]1CN(C(=O)CN2CCCNC2=O)C[C@H]1N1CCOCC1. The first-order valence-electron chi connectivity index (χ1n) is 8.27. The van der Waals surface area contributed by atoms with Gasteiger partial charge >= 0.3 is 6.03 Å². The molecule has 0 unspecified atom stereocenters. The molecule has 22 heavy (non-hydrogen) atoms. The van der Waals surface area contributed by atoms with Crippen LogP contribution in [0.15, 0.2) is 0 Å². The largest absolute Gasteiger partial charge is 0.379 e. The molecule has 3 saturated heterocycles. The van der Waals surface area contributed by atoms with Crippen molar-refractivity contribution < 1.29 is 14.3 Å². The third kappa shape index (κ3) is 3.35. The number of nitrogens with zero attached hydrogens (tertiary/aromatic N) is 3. The van der Waals surface area contributed by atoms with Crippen molar-refractivity contribution in [3.8, 4) is 0 Å². The summed E-state index contributed by atoms with van der Waals surface area (Å²) >= 11 is 0. The summed E-state index contributed by atoms with van der Waals surface area (Å²) in [6, 6.07) is 0.305. The lowest BCUT2D eigenvalue weighted by molar-refractivity contribution is -0.131. The number of likely N-dealkylation sites (tertiary alicyclic amines) is 1. The second-order valence-corrected chi connectivity index (χ2v) is 6.50. The molecule has 7 heteroatoms. The molecule has 1 N–H and O–H groups in total. The average molecular weight is 310 g/mol. The Hall–Kier alpha value is -1.34. The molecule has 0 spiro atoms. The molecule has 0 radical (unpaired) electrons. The van der Waals surface area contributed by atoms with Gasteiger partial charge in [0.25, 0.3) is 0 Å². The average Bonchev–Trinajstić information content (AvgIpc) is 2.92. The van der Waals surface area contributed by atoms with Gasteiger partial charge in [0.15, 0.2) is 0 Å². The molecule has 0 bridgehead atoms. The molecule has 124 valence electrons. The molecule has 2 atom stereocenters. The maximum Gasteiger partial charge on any atom is 0.317 e. The molecule has 3 rings (SSSR count). The molecule has 0 aromatic carbocycles. The molecule has 3 heterocycles. The van der Waals surface area contributed by atoms with Crippen LogP contribution in [0.4, 0.5) is 4.79 Å². The van der Waals surface area contributed by atoms with Gasteiger partial charge < -0.3 is 19.9 Å². The first-order chi connectivity index (χ1) is 10.6. The Kier molecular flexibility index (Phi) is 4.83. The number of hydrogen-bond donors (Lipinski definition) is 1. The van der Waals surface area contributed by atoms with Crippen LogP contribution < -0.4 is 5.32 Å². The van der Waals surface area contributed by atoms with Crippen LogP contribution >= 0.6 is 0 Å². The number of hydrogen-bond acceptors (Lipinski definition) is 4. The van der Waals surface area contributed by atoms with E-state index in [-0.39, 0.29) is 18.5 Å². The topological polar surface area (TPSA) is 65.1 Å². The molecular formula is C15H26N4O3. The zero-order valence-corrected chi connectivity index (χ0v) is 13.3. The predicted molar refractivity (Wildman–Crippen MR) is 81.5 cm³/mol. The van der Waals surface area contributed by atoms with E-state index in [2.05, 4.69) is 17.1 Å². The van der Waals surface area contributed by atoms with Crippen LogP contribution in [0.2, 0.25) is 0 Å². The molecular weight excluding hydrogens is 284 g/mol. The fraction of sp³-hybridized carbons (Fsp3) is 0.867. The molecule has 0 aromatic rings. The fourth-order valence-corrected chi connectivity index (χ4v) is 3.63.